The van der Waals surface area contributed by atoms with E-state index in [9.17, 15) is 27.2 Å². The molecule has 2 saturated heterocycles. The quantitative estimate of drug-likeness (QED) is 0.576. The second-order valence-electron chi connectivity index (χ2n) is 4.39. The van der Waals surface area contributed by atoms with E-state index in [-0.39, 0.29) is 6.61 Å². The van der Waals surface area contributed by atoms with Gasteiger partial charge in [0.25, 0.3) is 0 Å². The van der Waals surface area contributed by atoms with Gasteiger partial charge in [0.2, 0.25) is 0 Å². The standard InChI is InChI=1S/C10H11F4NO5/c1-3(16)19-7-5(11)4-2-18-8(20-4)6(7)15-9(17)10(12,13)14/h4-8H,2H2,1H3,(H,15,17)/t4-,5-,6-,7+,8-/m1/s1. The zero-order chi connectivity index (χ0) is 15.1. The predicted octanol–water partition coefficient (Wildman–Crippen LogP) is 0.0584. The first-order valence-electron chi connectivity index (χ1n) is 5.66. The number of halogens is 4. The first-order chi connectivity index (χ1) is 9.20. The lowest BCUT2D eigenvalue weighted by Gasteiger charge is -2.37. The van der Waals surface area contributed by atoms with Crippen molar-refractivity contribution in [2.45, 2.75) is 43.8 Å². The van der Waals surface area contributed by atoms with Crippen molar-refractivity contribution in [3.05, 3.63) is 0 Å². The number of fused-ring (bicyclic) bond motifs is 2. The Labute approximate surface area is 110 Å². The molecule has 6 nitrogen and oxygen atoms in total. The summed E-state index contributed by atoms with van der Waals surface area (Å²) in [5.41, 5.74) is 0. The zero-order valence-electron chi connectivity index (χ0n) is 10.1. The number of esters is 1. The molecule has 0 saturated carbocycles. The van der Waals surface area contributed by atoms with Crippen molar-refractivity contribution >= 4 is 11.9 Å². The molecule has 114 valence electrons. The molecule has 2 bridgehead atoms. The van der Waals surface area contributed by atoms with Crippen LogP contribution in [0, 0.1) is 0 Å². The van der Waals surface area contributed by atoms with Gasteiger partial charge in [-0.05, 0) is 0 Å². The van der Waals surface area contributed by atoms with Crippen LogP contribution >= 0.6 is 0 Å². The third-order valence-electron chi connectivity index (χ3n) is 2.91. The maximum atomic E-state index is 14.0. The summed E-state index contributed by atoms with van der Waals surface area (Å²) in [6, 6.07) is -1.57. The summed E-state index contributed by atoms with van der Waals surface area (Å²) in [7, 11) is 0. The molecule has 2 aliphatic rings. The fourth-order valence-corrected chi connectivity index (χ4v) is 2.07. The number of rotatable bonds is 2. The Bertz CT molecular complexity index is 415. The Kier molecular flexibility index (Phi) is 3.87. The fraction of sp³-hybridized carbons (Fsp3) is 0.800. The predicted molar refractivity (Wildman–Crippen MR) is 53.0 cm³/mol. The zero-order valence-corrected chi connectivity index (χ0v) is 10.1. The Morgan fingerprint density at radius 2 is 2.00 bits per heavy atom. The molecule has 0 aliphatic carbocycles. The highest BCUT2D eigenvalue weighted by Gasteiger charge is 2.55. The van der Waals surface area contributed by atoms with E-state index in [1.165, 1.54) is 0 Å². The molecule has 5 atom stereocenters. The van der Waals surface area contributed by atoms with Crippen LogP contribution in [0.25, 0.3) is 0 Å². The average Bonchev–Trinajstić information content (AvgIpc) is 2.75. The normalized spacial score (nSPS) is 36.5. The molecule has 0 aromatic carbocycles. The van der Waals surface area contributed by atoms with Gasteiger partial charge in [-0.3, -0.25) is 9.59 Å². The fourth-order valence-electron chi connectivity index (χ4n) is 2.07. The number of amides is 1. The molecule has 0 radical (unpaired) electrons. The van der Waals surface area contributed by atoms with Crippen molar-refractivity contribution in [1.29, 1.82) is 0 Å². The third kappa shape index (κ3) is 2.85. The third-order valence-corrected chi connectivity index (χ3v) is 2.91. The minimum atomic E-state index is -5.15. The van der Waals surface area contributed by atoms with Crippen molar-refractivity contribution < 1.29 is 41.4 Å². The van der Waals surface area contributed by atoms with Gasteiger partial charge in [-0.25, -0.2) is 4.39 Å². The van der Waals surface area contributed by atoms with E-state index >= 15 is 0 Å². The van der Waals surface area contributed by atoms with Crippen molar-refractivity contribution in [1.82, 2.24) is 5.32 Å². The second kappa shape index (κ2) is 5.17. The number of hydrogen-bond acceptors (Lipinski definition) is 5. The van der Waals surface area contributed by atoms with Gasteiger partial charge in [0.1, 0.15) is 12.1 Å². The van der Waals surface area contributed by atoms with E-state index < -0.39 is 48.8 Å². The first-order valence-corrected chi connectivity index (χ1v) is 5.66. The monoisotopic (exact) mass is 301 g/mol. The number of carbonyl (C=O) groups is 2. The summed E-state index contributed by atoms with van der Waals surface area (Å²) in [6.07, 6.45) is -11.0. The molecular formula is C10H11F4NO5. The number of carbonyl (C=O) groups excluding carboxylic acids is 2. The van der Waals surface area contributed by atoms with E-state index in [0.29, 0.717) is 0 Å². The van der Waals surface area contributed by atoms with Gasteiger partial charge in [-0.2, -0.15) is 13.2 Å². The molecule has 1 N–H and O–H groups in total. The molecule has 0 unspecified atom stereocenters. The summed E-state index contributed by atoms with van der Waals surface area (Å²) in [4.78, 5) is 21.8. The van der Waals surface area contributed by atoms with Crippen molar-refractivity contribution in [3.63, 3.8) is 0 Å². The SMILES string of the molecule is CC(=O)O[C@H]1[C@H](F)[C@H]2CO[C@H](O2)[C@@H]1NC(=O)C(F)(F)F. The minimum Gasteiger partial charge on any atom is -0.457 e. The summed E-state index contributed by atoms with van der Waals surface area (Å²) < 4.78 is 65.3. The van der Waals surface area contributed by atoms with E-state index in [1.54, 1.807) is 5.32 Å². The summed E-state index contributed by atoms with van der Waals surface area (Å²) in [5, 5.41) is 1.54. The molecule has 2 aliphatic heterocycles. The second-order valence-corrected chi connectivity index (χ2v) is 4.39. The van der Waals surface area contributed by atoms with Gasteiger partial charge in [-0.15, -0.1) is 0 Å². The van der Waals surface area contributed by atoms with Crippen LogP contribution in [0.1, 0.15) is 6.92 Å². The lowest BCUT2D eigenvalue weighted by atomic mass is 9.99. The lowest BCUT2D eigenvalue weighted by molar-refractivity contribution is -0.200. The van der Waals surface area contributed by atoms with Gasteiger partial charge in [-0.1, -0.05) is 0 Å². The number of hydrogen-bond donors (Lipinski definition) is 1. The van der Waals surface area contributed by atoms with Crippen LogP contribution in [0.3, 0.4) is 0 Å². The Balaban J connectivity index is 2.17. The largest absolute Gasteiger partial charge is 0.471 e. The Morgan fingerprint density at radius 1 is 1.35 bits per heavy atom. The van der Waals surface area contributed by atoms with Gasteiger partial charge in [0.15, 0.2) is 18.6 Å². The van der Waals surface area contributed by atoms with E-state index in [1.807, 2.05) is 0 Å². The molecule has 2 rings (SSSR count). The lowest BCUT2D eigenvalue weighted by Crippen LogP contribution is -2.62. The first kappa shape index (κ1) is 15.0. The topological polar surface area (TPSA) is 73.9 Å². The Morgan fingerprint density at radius 3 is 2.55 bits per heavy atom. The smallest absolute Gasteiger partial charge is 0.457 e. The van der Waals surface area contributed by atoms with Crippen LogP contribution in [0.4, 0.5) is 17.6 Å². The van der Waals surface area contributed by atoms with Gasteiger partial charge in [0, 0.05) is 6.92 Å². The van der Waals surface area contributed by atoms with Crippen LogP contribution in [0.5, 0.6) is 0 Å². The molecule has 20 heavy (non-hydrogen) atoms. The number of alkyl halides is 4. The van der Waals surface area contributed by atoms with Gasteiger partial charge >= 0.3 is 18.1 Å². The molecule has 2 heterocycles. The maximum Gasteiger partial charge on any atom is 0.471 e. The van der Waals surface area contributed by atoms with Crippen molar-refractivity contribution in [2.75, 3.05) is 6.61 Å². The maximum absolute atomic E-state index is 14.0. The molecule has 1 amide bonds. The molecule has 0 aromatic heterocycles. The van der Waals surface area contributed by atoms with E-state index in [2.05, 4.69) is 4.74 Å². The summed E-state index contributed by atoms with van der Waals surface area (Å²) >= 11 is 0. The van der Waals surface area contributed by atoms with Gasteiger partial charge in [0.05, 0.1) is 6.61 Å². The molecule has 10 heteroatoms. The minimum absolute atomic E-state index is 0.192. The average molecular weight is 301 g/mol. The highest BCUT2D eigenvalue weighted by Crippen LogP contribution is 2.32. The molecule has 2 fully saturated rings. The van der Waals surface area contributed by atoms with E-state index in [4.69, 9.17) is 9.47 Å². The van der Waals surface area contributed by atoms with Crippen LogP contribution in [0.15, 0.2) is 0 Å². The molecule has 0 aromatic rings. The van der Waals surface area contributed by atoms with Crippen LogP contribution in [0.2, 0.25) is 0 Å². The molecule has 0 spiro atoms. The van der Waals surface area contributed by atoms with Crippen molar-refractivity contribution in [3.8, 4) is 0 Å². The van der Waals surface area contributed by atoms with Crippen LogP contribution < -0.4 is 5.32 Å². The van der Waals surface area contributed by atoms with Crippen LogP contribution in [-0.2, 0) is 23.8 Å². The number of ether oxygens (including phenoxy) is 3. The summed E-state index contributed by atoms with van der Waals surface area (Å²) in [5.74, 6) is -3.17. The van der Waals surface area contributed by atoms with E-state index in [0.717, 1.165) is 6.92 Å². The van der Waals surface area contributed by atoms with Crippen molar-refractivity contribution in [2.24, 2.45) is 0 Å². The molecular weight excluding hydrogens is 290 g/mol. The van der Waals surface area contributed by atoms with Crippen LogP contribution in [-0.4, -0.2) is 55.4 Å². The number of nitrogens with one attached hydrogen (secondary N) is 1. The highest BCUT2D eigenvalue weighted by molar-refractivity contribution is 5.82. The highest BCUT2D eigenvalue weighted by atomic mass is 19.4. The summed E-state index contributed by atoms with van der Waals surface area (Å²) in [6.45, 7) is 0.787. The Hall–Kier alpha value is -1.42. The van der Waals surface area contributed by atoms with Gasteiger partial charge < -0.3 is 19.5 Å².